The number of ether oxygens (including phenoxy) is 1. The highest BCUT2D eigenvalue weighted by Gasteiger charge is 2.49. The molecule has 0 aromatic carbocycles. The third-order valence-corrected chi connectivity index (χ3v) is 4.05. The molecule has 1 aliphatic carbocycles. The summed E-state index contributed by atoms with van der Waals surface area (Å²) in [5, 5.41) is 2.91. The van der Waals surface area contributed by atoms with Gasteiger partial charge >= 0.3 is 0 Å². The van der Waals surface area contributed by atoms with Crippen molar-refractivity contribution in [2.24, 2.45) is 11.8 Å². The maximum atomic E-state index is 12.1. The molecule has 1 aliphatic heterocycles. The number of rotatable bonds is 6. The Morgan fingerprint density at radius 2 is 2.00 bits per heavy atom. The van der Waals surface area contributed by atoms with Crippen LogP contribution in [0.5, 0.6) is 0 Å². The minimum Gasteiger partial charge on any atom is -0.376 e. The summed E-state index contributed by atoms with van der Waals surface area (Å²) in [4.78, 5) is 25.8. The summed E-state index contributed by atoms with van der Waals surface area (Å²) in [7, 11) is 0. The van der Waals surface area contributed by atoms with Crippen molar-refractivity contribution < 1.29 is 14.3 Å². The molecule has 1 heterocycles. The van der Waals surface area contributed by atoms with E-state index in [2.05, 4.69) is 5.32 Å². The van der Waals surface area contributed by atoms with Crippen LogP contribution in [0.15, 0.2) is 0 Å². The zero-order valence-electron chi connectivity index (χ0n) is 11.9. The molecular formula is C14H24N2O3. The predicted octanol–water partition coefficient (Wildman–Crippen LogP) is 0.786. The maximum absolute atomic E-state index is 12.1. The number of nitrogens with zero attached hydrogens (tertiary/aromatic N) is 1. The molecule has 108 valence electrons. The van der Waals surface area contributed by atoms with Crippen LogP contribution in [0.1, 0.15) is 33.1 Å². The third kappa shape index (κ3) is 3.47. The molecule has 19 heavy (non-hydrogen) atoms. The average molecular weight is 268 g/mol. The van der Waals surface area contributed by atoms with Crippen LogP contribution in [0.25, 0.3) is 0 Å². The molecule has 1 saturated heterocycles. The van der Waals surface area contributed by atoms with Gasteiger partial charge in [0.15, 0.2) is 0 Å². The first-order chi connectivity index (χ1) is 9.17. The van der Waals surface area contributed by atoms with Gasteiger partial charge in [-0.1, -0.05) is 0 Å². The Morgan fingerprint density at radius 1 is 1.26 bits per heavy atom. The molecule has 1 N–H and O–H groups in total. The number of nitrogens with one attached hydrogen (secondary N) is 1. The van der Waals surface area contributed by atoms with Crippen molar-refractivity contribution in [3.63, 3.8) is 0 Å². The van der Waals surface area contributed by atoms with E-state index in [4.69, 9.17) is 4.74 Å². The lowest BCUT2D eigenvalue weighted by Crippen LogP contribution is -2.36. The Kier molecular flexibility index (Phi) is 4.80. The first kappa shape index (κ1) is 14.3. The van der Waals surface area contributed by atoms with E-state index in [1.165, 1.54) is 0 Å². The second-order valence-electron chi connectivity index (χ2n) is 5.34. The van der Waals surface area contributed by atoms with Gasteiger partial charge in [0.25, 0.3) is 0 Å². The number of carbonyl (C=O) groups excluding carboxylic acids is 2. The Morgan fingerprint density at radius 3 is 2.58 bits per heavy atom. The summed E-state index contributed by atoms with van der Waals surface area (Å²) in [5.41, 5.74) is 0. The van der Waals surface area contributed by atoms with Crippen molar-refractivity contribution in [3.8, 4) is 0 Å². The lowest BCUT2D eigenvalue weighted by molar-refractivity contribution is -0.134. The van der Waals surface area contributed by atoms with E-state index >= 15 is 0 Å². The van der Waals surface area contributed by atoms with E-state index in [9.17, 15) is 9.59 Å². The number of hydrogen-bond donors (Lipinski definition) is 1. The van der Waals surface area contributed by atoms with Gasteiger partial charge in [-0.25, -0.2) is 0 Å². The lowest BCUT2D eigenvalue weighted by Gasteiger charge is -2.18. The van der Waals surface area contributed by atoms with E-state index in [1.807, 2.05) is 13.8 Å². The Balaban J connectivity index is 1.72. The molecule has 0 spiro atoms. The van der Waals surface area contributed by atoms with Crippen molar-refractivity contribution in [2.75, 3.05) is 26.2 Å². The van der Waals surface area contributed by atoms with Crippen LogP contribution in [-0.2, 0) is 14.3 Å². The summed E-state index contributed by atoms with van der Waals surface area (Å²) in [6.07, 6.45) is 2.96. The molecule has 1 saturated carbocycles. The van der Waals surface area contributed by atoms with Crippen molar-refractivity contribution in [1.29, 1.82) is 0 Å². The van der Waals surface area contributed by atoms with Crippen LogP contribution in [0, 0.1) is 11.8 Å². The molecule has 5 nitrogen and oxygen atoms in total. The summed E-state index contributed by atoms with van der Waals surface area (Å²) >= 11 is 0. The van der Waals surface area contributed by atoms with E-state index in [-0.39, 0.29) is 29.8 Å². The highest BCUT2D eigenvalue weighted by Crippen LogP contribution is 2.40. The topological polar surface area (TPSA) is 58.6 Å². The average Bonchev–Trinajstić information content (AvgIpc) is 3.05. The minimum atomic E-state index is -0.116. The first-order valence-electron chi connectivity index (χ1n) is 7.35. The Bertz CT molecular complexity index is 336. The number of hydrogen-bond acceptors (Lipinski definition) is 3. The zero-order valence-corrected chi connectivity index (χ0v) is 11.9. The van der Waals surface area contributed by atoms with Crippen LogP contribution in [0.4, 0.5) is 0 Å². The number of amides is 2. The van der Waals surface area contributed by atoms with E-state index in [0.29, 0.717) is 13.0 Å². The molecule has 0 aromatic heterocycles. The normalized spacial score (nSPS) is 29.1. The second kappa shape index (κ2) is 6.37. The molecule has 2 fully saturated rings. The van der Waals surface area contributed by atoms with Gasteiger partial charge < -0.3 is 15.0 Å². The molecule has 5 heteroatoms. The highest BCUT2D eigenvalue weighted by atomic mass is 16.5. The molecule has 2 amide bonds. The second-order valence-corrected chi connectivity index (χ2v) is 5.34. The molecule has 0 radical (unpaired) electrons. The third-order valence-electron chi connectivity index (χ3n) is 4.05. The largest absolute Gasteiger partial charge is 0.376 e. The van der Waals surface area contributed by atoms with Gasteiger partial charge in [0.05, 0.1) is 17.9 Å². The van der Waals surface area contributed by atoms with Crippen molar-refractivity contribution in [2.45, 2.75) is 39.2 Å². The summed E-state index contributed by atoms with van der Waals surface area (Å²) in [6.45, 7) is 6.76. The highest BCUT2D eigenvalue weighted by molar-refractivity contribution is 5.92. The smallest absolute Gasteiger partial charge is 0.226 e. The van der Waals surface area contributed by atoms with Crippen molar-refractivity contribution in [3.05, 3.63) is 0 Å². The molecule has 2 aliphatic rings. The molecule has 0 bridgehead atoms. The summed E-state index contributed by atoms with van der Waals surface area (Å²) < 4.78 is 5.46. The van der Waals surface area contributed by atoms with Gasteiger partial charge in [-0.3, -0.25) is 9.59 Å². The SMILES string of the molecule is CCN(CC)C(=O)C1CC1C(=O)NCC1CCCO1. The van der Waals surface area contributed by atoms with Crippen LogP contribution < -0.4 is 5.32 Å². The Hall–Kier alpha value is -1.10. The van der Waals surface area contributed by atoms with Gasteiger partial charge in [-0.15, -0.1) is 0 Å². The fourth-order valence-corrected chi connectivity index (χ4v) is 2.68. The zero-order chi connectivity index (χ0) is 13.8. The standard InChI is InChI=1S/C14H24N2O3/c1-3-16(4-2)14(18)12-8-11(12)13(17)15-9-10-6-5-7-19-10/h10-12H,3-9H2,1-2H3,(H,15,17). The quantitative estimate of drug-likeness (QED) is 0.774. The van der Waals surface area contributed by atoms with Gasteiger partial charge in [-0.2, -0.15) is 0 Å². The molecule has 0 aromatic rings. The first-order valence-corrected chi connectivity index (χ1v) is 7.35. The fourth-order valence-electron chi connectivity index (χ4n) is 2.68. The van der Waals surface area contributed by atoms with Crippen LogP contribution in [0.3, 0.4) is 0 Å². The molecule has 3 unspecified atom stereocenters. The van der Waals surface area contributed by atoms with Crippen LogP contribution in [0.2, 0.25) is 0 Å². The van der Waals surface area contributed by atoms with Crippen LogP contribution >= 0.6 is 0 Å². The fraction of sp³-hybridized carbons (Fsp3) is 0.857. The Labute approximate surface area is 114 Å². The van der Waals surface area contributed by atoms with Gasteiger partial charge in [0, 0.05) is 26.2 Å². The molecular weight excluding hydrogens is 244 g/mol. The monoisotopic (exact) mass is 268 g/mol. The molecule has 2 rings (SSSR count). The van der Waals surface area contributed by atoms with Crippen LogP contribution in [-0.4, -0.2) is 49.1 Å². The molecule has 3 atom stereocenters. The van der Waals surface area contributed by atoms with E-state index < -0.39 is 0 Å². The van der Waals surface area contributed by atoms with E-state index in [0.717, 1.165) is 32.5 Å². The maximum Gasteiger partial charge on any atom is 0.226 e. The lowest BCUT2D eigenvalue weighted by atomic mass is 10.2. The minimum absolute atomic E-state index is 0.0148. The van der Waals surface area contributed by atoms with Crippen molar-refractivity contribution in [1.82, 2.24) is 10.2 Å². The predicted molar refractivity (Wildman–Crippen MR) is 71.5 cm³/mol. The van der Waals surface area contributed by atoms with Gasteiger partial charge in [0.2, 0.25) is 11.8 Å². The van der Waals surface area contributed by atoms with Crippen molar-refractivity contribution >= 4 is 11.8 Å². The van der Waals surface area contributed by atoms with Gasteiger partial charge in [-0.05, 0) is 33.1 Å². The number of carbonyl (C=O) groups is 2. The summed E-state index contributed by atoms with van der Waals surface area (Å²) in [6, 6.07) is 0. The van der Waals surface area contributed by atoms with Gasteiger partial charge in [0.1, 0.15) is 0 Å². The van der Waals surface area contributed by atoms with E-state index in [1.54, 1.807) is 4.90 Å². The summed E-state index contributed by atoms with van der Waals surface area (Å²) in [5.74, 6) is -0.0674.